The van der Waals surface area contributed by atoms with Crippen LogP contribution >= 0.6 is 0 Å². The van der Waals surface area contributed by atoms with Crippen molar-refractivity contribution in [2.45, 2.75) is 6.42 Å². The second-order valence-electron chi connectivity index (χ2n) is 4.19. The van der Waals surface area contributed by atoms with Gasteiger partial charge in [0.1, 0.15) is 5.82 Å². The summed E-state index contributed by atoms with van der Waals surface area (Å²) in [4.78, 5) is 13.4. The van der Waals surface area contributed by atoms with Crippen molar-refractivity contribution in [3.63, 3.8) is 0 Å². The lowest BCUT2D eigenvalue weighted by Crippen LogP contribution is -2.33. The molecule has 0 saturated carbocycles. The first-order valence-electron chi connectivity index (χ1n) is 5.62. The molecule has 5 heteroatoms. The zero-order valence-corrected chi connectivity index (χ0v) is 9.40. The molecule has 0 radical (unpaired) electrons. The Morgan fingerprint density at radius 1 is 1.53 bits per heavy atom. The van der Waals surface area contributed by atoms with E-state index in [1.54, 1.807) is 17.0 Å². The Morgan fingerprint density at radius 3 is 2.94 bits per heavy atom. The van der Waals surface area contributed by atoms with Crippen molar-refractivity contribution in [1.82, 2.24) is 4.90 Å². The van der Waals surface area contributed by atoms with Crippen molar-refractivity contribution in [3.05, 3.63) is 30.1 Å². The van der Waals surface area contributed by atoms with Crippen molar-refractivity contribution in [2.24, 2.45) is 5.92 Å². The molecule has 1 saturated heterocycles. The molecule has 1 unspecified atom stereocenters. The minimum Gasteiger partial charge on any atom is -0.396 e. The number of carbonyl (C=O) groups is 1. The molecule has 1 aliphatic rings. The second kappa shape index (κ2) is 5.14. The Bertz CT molecular complexity index is 411. The van der Waals surface area contributed by atoms with Crippen LogP contribution < -0.4 is 5.32 Å². The quantitative estimate of drug-likeness (QED) is 0.823. The topological polar surface area (TPSA) is 52.6 Å². The number of hydrogen-bond acceptors (Lipinski definition) is 2. The molecule has 0 aliphatic carbocycles. The third-order valence-corrected chi connectivity index (χ3v) is 2.95. The molecular formula is C12H15FN2O2. The molecular weight excluding hydrogens is 223 g/mol. The van der Waals surface area contributed by atoms with Crippen LogP contribution in [0.4, 0.5) is 14.9 Å². The average molecular weight is 238 g/mol. The number of urea groups is 1. The van der Waals surface area contributed by atoms with E-state index in [4.69, 9.17) is 5.11 Å². The standard InChI is InChI=1S/C12H15FN2O2/c13-10-3-1-2-4-11(10)14-12(17)15-6-5-9(7-15)8-16/h1-4,9,16H,5-8H2,(H,14,17). The smallest absolute Gasteiger partial charge is 0.321 e. The van der Waals surface area contributed by atoms with Gasteiger partial charge in [0.15, 0.2) is 0 Å². The number of halogens is 1. The van der Waals surface area contributed by atoms with Gasteiger partial charge in [-0.1, -0.05) is 12.1 Å². The first-order valence-corrected chi connectivity index (χ1v) is 5.62. The molecule has 1 heterocycles. The minimum absolute atomic E-state index is 0.0868. The molecule has 0 spiro atoms. The Morgan fingerprint density at radius 2 is 2.29 bits per heavy atom. The van der Waals surface area contributed by atoms with E-state index < -0.39 is 5.82 Å². The predicted molar refractivity (Wildman–Crippen MR) is 62.2 cm³/mol. The molecule has 1 aliphatic heterocycles. The maximum Gasteiger partial charge on any atom is 0.321 e. The summed E-state index contributed by atoms with van der Waals surface area (Å²) in [5.74, 6) is -0.305. The summed E-state index contributed by atoms with van der Waals surface area (Å²) in [5.41, 5.74) is 0.185. The van der Waals surface area contributed by atoms with Gasteiger partial charge < -0.3 is 15.3 Å². The summed E-state index contributed by atoms with van der Waals surface area (Å²) in [6.45, 7) is 1.21. The zero-order chi connectivity index (χ0) is 12.3. The summed E-state index contributed by atoms with van der Waals surface area (Å²) in [7, 11) is 0. The Labute approximate surface area is 99.0 Å². The summed E-state index contributed by atoms with van der Waals surface area (Å²) in [6, 6.07) is 5.75. The van der Waals surface area contributed by atoms with Gasteiger partial charge in [-0.25, -0.2) is 9.18 Å². The minimum atomic E-state index is -0.446. The Balaban J connectivity index is 1.96. The first kappa shape index (κ1) is 11.9. The number of benzene rings is 1. The van der Waals surface area contributed by atoms with Crippen molar-refractivity contribution in [1.29, 1.82) is 0 Å². The van der Waals surface area contributed by atoms with Crippen molar-refractivity contribution >= 4 is 11.7 Å². The van der Waals surface area contributed by atoms with Crippen LogP contribution in [0.3, 0.4) is 0 Å². The molecule has 1 aromatic rings. The lowest BCUT2D eigenvalue weighted by atomic mass is 10.1. The fourth-order valence-electron chi connectivity index (χ4n) is 1.92. The van der Waals surface area contributed by atoms with Gasteiger partial charge in [0.05, 0.1) is 5.69 Å². The number of nitrogens with one attached hydrogen (secondary N) is 1. The maximum atomic E-state index is 13.3. The molecule has 17 heavy (non-hydrogen) atoms. The fraction of sp³-hybridized carbons (Fsp3) is 0.417. The summed E-state index contributed by atoms with van der Waals surface area (Å²) in [5, 5.41) is 11.5. The third kappa shape index (κ3) is 2.74. The van der Waals surface area contributed by atoms with Gasteiger partial charge in [0.25, 0.3) is 0 Å². The van der Waals surface area contributed by atoms with Crippen LogP contribution in [0.2, 0.25) is 0 Å². The lowest BCUT2D eigenvalue weighted by Gasteiger charge is -2.17. The highest BCUT2D eigenvalue weighted by molar-refractivity contribution is 5.89. The molecule has 1 fully saturated rings. The van der Waals surface area contributed by atoms with Crippen LogP contribution in [-0.2, 0) is 0 Å². The van der Waals surface area contributed by atoms with Crippen molar-refractivity contribution in [2.75, 3.05) is 25.0 Å². The van der Waals surface area contributed by atoms with Crippen LogP contribution in [0, 0.1) is 11.7 Å². The number of amides is 2. The first-order chi connectivity index (χ1) is 8.20. The van der Waals surface area contributed by atoms with Gasteiger partial charge in [-0.15, -0.1) is 0 Å². The monoisotopic (exact) mass is 238 g/mol. The van der Waals surface area contributed by atoms with E-state index >= 15 is 0 Å². The number of carbonyl (C=O) groups excluding carboxylic acids is 1. The van der Waals surface area contributed by atoms with E-state index in [9.17, 15) is 9.18 Å². The lowest BCUT2D eigenvalue weighted by molar-refractivity contribution is 0.208. The predicted octanol–water partition coefficient (Wildman–Crippen LogP) is 1.67. The summed E-state index contributed by atoms with van der Waals surface area (Å²) in [6.07, 6.45) is 0.793. The highest BCUT2D eigenvalue weighted by Crippen LogP contribution is 2.18. The number of aliphatic hydroxyl groups excluding tert-OH is 1. The van der Waals surface area contributed by atoms with Crippen LogP contribution in [0.5, 0.6) is 0 Å². The maximum absolute atomic E-state index is 13.3. The van der Waals surface area contributed by atoms with Gasteiger partial charge >= 0.3 is 6.03 Å². The SMILES string of the molecule is O=C(Nc1ccccc1F)N1CCC(CO)C1. The van der Waals surface area contributed by atoms with Crippen LogP contribution in [0.25, 0.3) is 0 Å². The van der Waals surface area contributed by atoms with E-state index in [1.807, 2.05) is 0 Å². The molecule has 0 aromatic heterocycles. The number of likely N-dealkylation sites (tertiary alicyclic amines) is 1. The molecule has 4 nitrogen and oxygen atoms in total. The Hall–Kier alpha value is -1.62. The van der Waals surface area contributed by atoms with Gasteiger partial charge in [-0.3, -0.25) is 0 Å². The van der Waals surface area contributed by atoms with E-state index in [2.05, 4.69) is 5.32 Å². The highest BCUT2D eigenvalue weighted by Gasteiger charge is 2.25. The van der Waals surface area contributed by atoms with Crippen LogP contribution in [-0.4, -0.2) is 35.7 Å². The zero-order valence-electron chi connectivity index (χ0n) is 9.40. The van der Waals surface area contributed by atoms with E-state index in [0.29, 0.717) is 13.1 Å². The highest BCUT2D eigenvalue weighted by atomic mass is 19.1. The van der Waals surface area contributed by atoms with Crippen molar-refractivity contribution in [3.8, 4) is 0 Å². The molecule has 2 N–H and O–H groups in total. The van der Waals surface area contributed by atoms with E-state index in [1.165, 1.54) is 12.1 Å². The number of aliphatic hydroxyl groups is 1. The number of hydrogen-bond donors (Lipinski definition) is 2. The molecule has 92 valence electrons. The average Bonchev–Trinajstić information content (AvgIpc) is 2.81. The van der Waals surface area contributed by atoms with Crippen LogP contribution in [0.15, 0.2) is 24.3 Å². The van der Waals surface area contributed by atoms with Crippen molar-refractivity contribution < 1.29 is 14.3 Å². The summed E-state index contributed by atoms with van der Waals surface area (Å²) < 4.78 is 13.3. The molecule has 2 rings (SSSR count). The van der Waals surface area contributed by atoms with Gasteiger partial charge in [-0.2, -0.15) is 0 Å². The van der Waals surface area contributed by atoms with Gasteiger partial charge in [0, 0.05) is 25.6 Å². The number of rotatable bonds is 2. The third-order valence-electron chi connectivity index (χ3n) is 2.95. The second-order valence-corrected chi connectivity index (χ2v) is 4.19. The Kier molecular flexibility index (Phi) is 3.58. The normalized spacial score (nSPS) is 19.4. The largest absolute Gasteiger partial charge is 0.396 e. The molecule has 1 aromatic carbocycles. The summed E-state index contributed by atoms with van der Waals surface area (Å²) >= 11 is 0. The van der Waals surface area contributed by atoms with Gasteiger partial charge in [0.2, 0.25) is 0 Å². The van der Waals surface area contributed by atoms with Crippen LogP contribution in [0.1, 0.15) is 6.42 Å². The van der Waals surface area contributed by atoms with E-state index in [0.717, 1.165) is 6.42 Å². The molecule has 1 atom stereocenters. The number of para-hydroxylation sites is 1. The number of nitrogens with zero attached hydrogens (tertiary/aromatic N) is 1. The number of anilines is 1. The van der Waals surface area contributed by atoms with Gasteiger partial charge in [-0.05, 0) is 18.6 Å². The van der Waals surface area contributed by atoms with E-state index in [-0.39, 0.29) is 24.2 Å². The fourth-order valence-corrected chi connectivity index (χ4v) is 1.92. The molecule has 0 bridgehead atoms. The molecule has 2 amide bonds.